The second-order valence-electron chi connectivity index (χ2n) is 6.40. The Morgan fingerprint density at radius 2 is 1.85 bits per heavy atom. The van der Waals surface area contributed by atoms with Gasteiger partial charge in [-0.3, -0.25) is 4.90 Å². The van der Waals surface area contributed by atoms with Crippen LogP contribution in [0.5, 0.6) is 0 Å². The van der Waals surface area contributed by atoms with Crippen molar-refractivity contribution in [3.63, 3.8) is 0 Å². The first kappa shape index (κ1) is 14.1. The summed E-state index contributed by atoms with van der Waals surface area (Å²) in [5, 5.41) is 12.7. The third kappa shape index (κ3) is 4.05. The molecule has 1 heterocycles. The molecule has 1 aliphatic heterocycles. The highest BCUT2D eigenvalue weighted by Crippen LogP contribution is 2.22. The summed E-state index contributed by atoms with van der Waals surface area (Å²) in [5.74, 6) is 0.820. The molecule has 3 rings (SSSR count). The van der Waals surface area contributed by atoms with E-state index in [0.717, 1.165) is 24.1 Å². The first-order valence-corrected chi connectivity index (χ1v) is 7.98. The van der Waals surface area contributed by atoms with Crippen molar-refractivity contribution >= 4 is 0 Å². The summed E-state index contributed by atoms with van der Waals surface area (Å²) in [4.78, 5) is 2.58. The Labute approximate surface area is 122 Å². The molecule has 1 atom stereocenters. The van der Waals surface area contributed by atoms with Gasteiger partial charge in [0.1, 0.15) is 0 Å². The molecule has 2 N–H and O–H groups in total. The number of hydrogen-bond acceptors (Lipinski definition) is 3. The predicted molar refractivity (Wildman–Crippen MR) is 81.4 cm³/mol. The lowest BCUT2D eigenvalue weighted by atomic mass is 9.97. The number of hydrogen-bond donors (Lipinski definition) is 2. The van der Waals surface area contributed by atoms with Crippen molar-refractivity contribution in [1.82, 2.24) is 10.2 Å². The molecular weight excluding hydrogens is 248 g/mol. The van der Waals surface area contributed by atoms with Gasteiger partial charge >= 0.3 is 0 Å². The van der Waals surface area contributed by atoms with Crippen LogP contribution >= 0.6 is 0 Å². The van der Waals surface area contributed by atoms with Crippen LogP contribution in [0, 0.1) is 5.92 Å². The van der Waals surface area contributed by atoms with E-state index in [1.54, 1.807) is 0 Å². The van der Waals surface area contributed by atoms with Crippen LogP contribution in [0.3, 0.4) is 0 Å². The Balaban J connectivity index is 1.47. The van der Waals surface area contributed by atoms with Crippen molar-refractivity contribution in [2.75, 3.05) is 19.6 Å². The van der Waals surface area contributed by atoms with Crippen molar-refractivity contribution in [3.8, 4) is 0 Å². The average molecular weight is 274 g/mol. The first-order chi connectivity index (χ1) is 9.83. The second kappa shape index (κ2) is 6.70. The third-order valence-electron chi connectivity index (χ3n) is 4.49. The number of benzene rings is 1. The zero-order valence-corrected chi connectivity index (χ0v) is 12.2. The molecule has 3 nitrogen and oxygen atoms in total. The van der Waals surface area contributed by atoms with E-state index < -0.39 is 0 Å². The van der Waals surface area contributed by atoms with Gasteiger partial charge in [-0.05, 0) is 55.8 Å². The quantitative estimate of drug-likeness (QED) is 0.834. The van der Waals surface area contributed by atoms with Crippen LogP contribution in [-0.4, -0.2) is 35.7 Å². The van der Waals surface area contributed by atoms with Gasteiger partial charge in [0.25, 0.3) is 0 Å². The van der Waals surface area contributed by atoms with Crippen molar-refractivity contribution in [1.29, 1.82) is 0 Å². The Hall–Kier alpha value is -0.900. The Morgan fingerprint density at radius 1 is 1.10 bits per heavy atom. The maximum Gasteiger partial charge on any atom is 0.0681 e. The van der Waals surface area contributed by atoms with E-state index in [9.17, 15) is 0 Å². The minimum Gasteiger partial charge on any atom is -0.392 e. The molecule has 0 amide bonds. The van der Waals surface area contributed by atoms with E-state index in [1.165, 1.54) is 50.9 Å². The number of aliphatic hydroxyl groups is 1. The number of nitrogens with one attached hydrogen (secondary N) is 1. The predicted octanol–water partition coefficient (Wildman–Crippen LogP) is 2.14. The fourth-order valence-corrected chi connectivity index (χ4v) is 3.09. The third-order valence-corrected chi connectivity index (χ3v) is 4.49. The van der Waals surface area contributed by atoms with Crippen molar-refractivity contribution in [2.24, 2.45) is 5.92 Å². The van der Waals surface area contributed by atoms with Crippen LogP contribution in [0.25, 0.3) is 0 Å². The number of likely N-dealkylation sites (tertiary alicyclic amines) is 1. The smallest absolute Gasteiger partial charge is 0.0681 e. The fraction of sp³-hybridized carbons (Fsp3) is 0.647. The molecule has 0 aromatic heterocycles. The Morgan fingerprint density at radius 3 is 2.55 bits per heavy atom. The van der Waals surface area contributed by atoms with Crippen LogP contribution in [0.15, 0.2) is 24.3 Å². The highest BCUT2D eigenvalue weighted by Gasteiger charge is 2.24. The molecule has 2 aliphatic rings. The van der Waals surface area contributed by atoms with Crippen LogP contribution in [-0.2, 0) is 13.2 Å². The monoisotopic (exact) mass is 274 g/mol. The van der Waals surface area contributed by atoms with Crippen LogP contribution < -0.4 is 5.32 Å². The SMILES string of the molecule is OCc1ccc(CN2CCCC(CNC3CC3)C2)cc1. The topological polar surface area (TPSA) is 35.5 Å². The highest BCUT2D eigenvalue weighted by molar-refractivity contribution is 5.21. The molecule has 1 aliphatic carbocycles. The number of nitrogens with zero attached hydrogens (tertiary/aromatic N) is 1. The molecule has 1 aromatic carbocycles. The van der Waals surface area contributed by atoms with Gasteiger partial charge in [-0.25, -0.2) is 0 Å². The summed E-state index contributed by atoms with van der Waals surface area (Å²) in [6.45, 7) is 4.83. The highest BCUT2D eigenvalue weighted by atomic mass is 16.3. The molecule has 1 unspecified atom stereocenters. The summed E-state index contributed by atoms with van der Waals surface area (Å²) in [7, 11) is 0. The van der Waals surface area contributed by atoms with E-state index in [2.05, 4.69) is 22.3 Å². The van der Waals surface area contributed by atoms with Crippen molar-refractivity contribution in [2.45, 2.75) is 44.9 Å². The lowest BCUT2D eigenvalue weighted by Crippen LogP contribution is -2.39. The normalized spacial score (nSPS) is 23.9. The molecule has 3 heteroatoms. The molecular formula is C17H26N2O. The summed E-state index contributed by atoms with van der Waals surface area (Å²) in [5.41, 5.74) is 2.36. The summed E-state index contributed by atoms with van der Waals surface area (Å²) >= 11 is 0. The van der Waals surface area contributed by atoms with Gasteiger partial charge < -0.3 is 10.4 Å². The number of aliphatic hydroxyl groups excluding tert-OH is 1. The van der Waals surface area contributed by atoms with E-state index in [4.69, 9.17) is 5.11 Å². The molecule has 0 spiro atoms. The maximum atomic E-state index is 9.08. The van der Waals surface area contributed by atoms with Gasteiger partial charge in [-0.15, -0.1) is 0 Å². The minimum absolute atomic E-state index is 0.138. The zero-order valence-electron chi connectivity index (χ0n) is 12.2. The first-order valence-electron chi connectivity index (χ1n) is 7.98. The molecule has 20 heavy (non-hydrogen) atoms. The second-order valence-corrected chi connectivity index (χ2v) is 6.40. The molecule has 1 aromatic rings. The lowest BCUT2D eigenvalue weighted by Gasteiger charge is -2.33. The minimum atomic E-state index is 0.138. The zero-order chi connectivity index (χ0) is 13.8. The van der Waals surface area contributed by atoms with Crippen molar-refractivity contribution in [3.05, 3.63) is 35.4 Å². The summed E-state index contributed by atoms with van der Waals surface area (Å²) < 4.78 is 0. The molecule has 1 saturated heterocycles. The van der Waals surface area contributed by atoms with E-state index >= 15 is 0 Å². The summed E-state index contributed by atoms with van der Waals surface area (Å²) in [6.07, 6.45) is 5.46. The van der Waals surface area contributed by atoms with Gasteiger partial charge in [0.15, 0.2) is 0 Å². The molecule has 1 saturated carbocycles. The van der Waals surface area contributed by atoms with Gasteiger partial charge in [0, 0.05) is 19.1 Å². The van der Waals surface area contributed by atoms with Crippen LogP contribution in [0.1, 0.15) is 36.8 Å². The van der Waals surface area contributed by atoms with Gasteiger partial charge in [0.2, 0.25) is 0 Å². The molecule has 0 radical (unpaired) electrons. The summed E-state index contributed by atoms with van der Waals surface area (Å²) in [6, 6.07) is 9.20. The van der Waals surface area contributed by atoms with Crippen molar-refractivity contribution < 1.29 is 5.11 Å². The largest absolute Gasteiger partial charge is 0.392 e. The van der Waals surface area contributed by atoms with E-state index in [-0.39, 0.29) is 6.61 Å². The van der Waals surface area contributed by atoms with E-state index in [0.29, 0.717) is 0 Å². The molecule has 110 valence electrons. The Kier molecular flexibility index (Phi) is 4.71. The van der Waals surface area contributed by atoms with Crippen LogP contribution in [0.4, 0.5) is 0 Å². The van der Waals surface area contributed by atoms with E-state index in [1.807, 2.05) is 12.1 Å². The standard InChI is InChI=1S/C17H26N2O/c20-13-15-5-3-14(4-6-15)11-19-9-1-2-16(12-19)10-18-17-7-8-17/h3-6,16-18,20H,1-2,7-13H2. The Bertz CT molecular complexity index is 414. The number of piperidine rings is 1. The maximum absolute atomic E-state index is 9.08. The van der Waals surface area contributed by atoms with Gasteiger partial charge in [0.05, 0.1) is 6.61 Å². The molecule has 0 bridgehead atoms. The molecule has 2 fully saturated rings. The van der Waals surface area contributed by atoms with Crippen LogP contribution in [0.2, 0.25) is 0 Å². The average Bonchev–Trinajstić information content (AvgIpc) is 3.31. The van der Waals surface area contributed by atoms with Gasteiger partial charge in [-0.2, -0.15) is 0 Å². The number of rotatable bonds is 6. The fourth-order valence-electron chi connectivity index (χ4n) is 3.09. The lowest BCUT2D eigenvalue weighted by molar-refractivity contribution is 0.165. The van der Waals surface area contributed by atoms with Gasteiger partial charge in [-0.1, -0.05) is 24.3 Å².